The van der Waals surface area contributed by atoms with Crippen molar-refractivity contribution in [1.29, 1.82) is 0 Å². The van der Waals surface area contributed by atoms with Gasteiger partial charge in [-0.2, -0.15) is 13.2 Å². The van der Waals surface area contributed by atoms with Crippen molar-refractivity contribution in [3.8, 4) is 0 Å². The highest BCUT2D eigenvalue weighted by Crippen LogP contribution is 2.36. The van der Waals surface area contributed by atoms with Crippen molar-refractivity contribution >= 4 is 0 Å². The largest absolute Gasteiger partial charge is 0.416 e. The van der Waals surface area contributed by atoms with Crippen LogP contribution in [0.3, 0.4) is 0 Å². The zero-order chi connectivity index (χ0) is 13.3. The Morgan fingerprint density at radius 1 is 1.28 bits per heavy atom. The van der Waals surface area contributed by atoms with E-state index >= 15 is 0 Å². The molecule has 0 amide bonds. The van der Waals surface area contributed by atoms with Crippen molar-refractivity contribution < 1.29 is 13.2 Å². The molecule has 1 aromatic rings. The van der Waals surface area contributed by atoms with Crippen LogP contribution < -0.4 is 0 Å². The molecule has 1 aromatic carbocycles. The molecule has 0 bridgehead atoms. The van der Waals surface area contributed by atoms with Gasteiger partial charge in [-0.05, 0) is 50.9 Å². The first-order valence-corrected chi connectivity index (χ1v) is 6.32. The lowest BCUT2D eigenvalue weighted by atomic mass is 10.0. The number of hydrogen-bond donors (Lipinski definition) is 0. The summed E-state index contributed by atoms with van der Waals surface area (Å²) in [5.41, 5.74) is 0.242. The molecule has 1 atom stereocenters. The minimum absolute atomic E-state index is 0.132. The lowest BCUT2D eigenvalue weighted by molar-refractivity contribution is -0.137. The van der Waals surface area contributed by atoms with Gasteiger partial charge in [0.15, 0.2) is 0 Å². The number of alkyl halides is 3. The zero-order valence-corrected chi connectivity index (χ0v) is 10.7. The van der Waals surface area contributed by atoms with Crippen LogP contribution >= 0.6 is 0 Å². The highest BCUT2D eigenvalue weighted by Gasteiger charge is 2.33. The van der Waals surface area contributed by atoms with Crippen molar-refractivity contribution in [3.05, 3.63) is 35.4 Å². The summed E-state index contributed by atoms with van der Waals surface area (Å²) in [6, 6.07) is 6.25. The fourth-order valence-electron chi connectivity index (χ4n) is 2.69. The molecule has 1 unspecified atom stereocenters. The molecule has 1 fully saturated rings. The first-order chi connectivity index (χ1) is 8.39. The molecule has 1 nitrogen and oxygen atoms in total. The summed E-state index contributed by atoms with van der Waals surface area (Å²) in [6.07, 6.45) is -2.25. The summed E-state index contributed by atoms with van der Waals surface area (Å²) in [5, 5.41) is 0. The second-order valence-corrected chi connectivity index (χ2v) is 5.11. The monoisotopic (exact) mass is 257 g/mol. The zero-order valence-electron chi connectivity index (χ0n) is 10.7. The lowest BCUT2D eigenvalue weighted by Gasteiger charge is -2.29. The molecule has 0 spiro atoms. The van der Waals surface area contributed by atoms with Gasteiger partial charge in [-0.15, -0.1) is 0 Å². The Morgan fingerprint density at radius 2 is 2.00 bits per heavy atom. The van der Waals surface area contributed by atoms with Crippen LogP contribution in [0.15, 0.2) is 24.3 Å². The lowest BCUT2D eigenvalue weighted by Crippen LogP contribution is -2.30. The molecule has 0 saturated carbocycles. The third-order valence-corrected chi connectivity index (χ3v) is 3.56. The van der Waals surface area contributed by atoms with E-state index in [0.717, 1.165) is 31.0 Å². The molecule has 0 N–H and O–H groups in total. The SMILES string of the molecule is CC(C)N1CCCC1c1cccc(C(F)(F)F)c1. The average molecular weight is 257 g/mol. The van der Waals surface area contributed by atoms with Crippen LogP contribution in [0, 0.1) is 0 Å². The minimum atomic E-state index is -4.25. The third kappa shape index (κ3) is 2.69. The summed E-state index contributed by atoms with van der Waals surface area (Å²) in [5.74, 6) is 0. The van der Waals surface area contributed by atoms with Gasteiger partial charge in [-0.1, -0.05) is 12.1 Å². The quantitative estimate of drug-likeness (QED) is 0.765. The first kappa shape index (κ1) is 13.4. The Bertz CT molecular complexity index is 412. The molecule has 1 aliphatic heterocycles. The summed E-state index contributed by atoms with van der Waals surface area (Å²) < 4.78 is 38.1. The van der Waals surface area contributed by atoms with Crippen molar-refractivity contribution in [2.24, 2.45) is 0 Å². The average Bonchev–Trinajstić information content (AvgIpc) is 2.77. The van der Waals surface area contributed by atoms with Crippen LogP contribution in [0.25, 0.3) is 0 Å². The number of nitrogens with zero attached hydrogens (tertiary/aromatic N) is 1. The molecule has 1 saturated heterocycles. The van der Waals surface area contributed by atoms with E-state index < -0.39 is 11.7 Å². The number of halogens is 3. The van der Waals surface area contributed by atoms with Crippen LogP contribution in [0.1, 0.15) is 43.9 Å². The van der Waals surface area contributed by atoms with Crippen molar-refractivity contribution in [3.63, 3.8) is 0 Å². The third-order valence-electron chi connectivity index (χ3n) is 3.56. The normalized spacial score (nSPS) is 21.8. The van der Waals surface area contributed by atoms with Gasteiger partial charge in [0, 0.05) is 12.1 Å². The van der Waals surface area contributed by atoms with E-state index in [1.165, 1.54) is 12.1 Å². The Hall–Kier alpha value is -1.03. The topological polar surface area (TPSA) is 3.24 Å². The minimum Gasteiger partial charge on any atom is -0.294 e. The number of hydrogen-bond acceptors (Lipinski definition) is 1. The Kier molecular flexibility index (Phi) is 3.66. The summed E-state index contributed by atoms with van der Waals surface area (Å²) in [4.78, 5) is 2.27. The highest BCUT2D eigenvalue weighted by atomic mass is 19.4. The summed E-state index contributed by atoms with van der Waals surface area (Å²) >= 11 is 0. The van der Waals surface area contributed by atoms with Gasteiger partial charge in [-0.25, -0.2) is 0 Å². The van der Waals surface area contributed by atoms with Crippen LogP contribution in [-0.4, -0.2) is 17.5 Å². The molecule has 4 heteroatoms. The van der Waals surface area contributed by atoms with Gasteiger partial charge in [-0.3, -0.25) is 4.90 Å². The molecular formula is C14H18F3N. The maximum atomic E-state index is 12.7. The van der Waals surface area contributed by atoms with Gasteiger partial charge in [0.05, 0.1) is 5.56 Å². The second-order valence-electron chi connectivity index (χ2n) is 5.11. The van der Waals surface area contributed by atoms with E-state index in [4.69, 9.17) is 0 Å². The molecule has 0 aromatic heterocycles. The molecule has 2 rings (SSSR count). The van der Waals surface area contributed by atoms with Gasteiger partial charge in [0.1, 0.15) is 0 Å². The van der Waals surface area contributed by atoms with Gasteiger partial charge in [0.2, 0.25) is 0 Å². The fraction of sp³-hybridized carbons (Fsp3) is 0.571. The Balaban J connectivity index is 2.28. The van der Waals surface area contributed by atoms with Crippen LogP contribution in [-0.2, 0) is 6.18 Å². The van der Waals surface area contributed by atoms with Crippen LogP contribution in [0.4, 0.5) is 13.2 Å². The molecule has 1 aliphatic rings. The molecular weight excluding hydrogens is 239 g/mol. The predicted octanol–water partition coefficient (Wildman–Crippen LogP) is 4.25. The van der Waals surface area contributed by atoms with Crippen LogP contribution in [0.2, 0.25) is 0 Å². The van der Waals surface area contributed by atoms with Gasteiger partial charge in [0.25, 0.3) is 0 Å². The first-order valence-electron chi connectivity index (χ1n) is 6.32. The van der Waals surface area contributed by atoms with E-state index in [1.54, 1.807) is 6.07 Å². The number of benzene rings is 1. The second kappa shape index (κ2) is 4.92. The standard InChI is InChI=1S/C14H18F3N/c1-10(2)18-8-4-7-13(18)11-5-3-6-12(9-11)14(15,16)17/h3,5-6,9-10,13H,4,7-8H2,1-2H3. The molecule has 18 heavy (non-hydrogen) atoms. The Morgan fingerprint density at radius 3 is 2.61 bits per heavy atom. The summed E-state index contributed by atoms with van der Waals surface area (Å²) in [6.45, 7) is 5.15. The molecule has 0 radical (unpaired) electrons. The Labute approximate surface area is 106 Å². The van der Waals surface area contributed by atoms with Crippen molar-refractivity contribution in [1.82, 2.24) is 4.90 Å². The van der Waals surface area contributed by atoms with Gasteiger partial charge < -0.3 is 0 Å². The van der Waals surface area contributed by atoms with E-state index in [2.05, 4.69) is 18.7 Å². The highest BCUT2D eigenvalue weighted by molar-refractivity contribution is 5.28. The van der Waals surface area contributed by atoms with E-state index in [0.29, 0.717) is 6.04 Å². The van der Waals surface area contributed by atoms with Gasteiger partial charge >= 0.3 is 6.18 Å². The number of rotatable bonds is 2. The van der Waals surface area contributed by atoms with Crippen molar-refractivity contribution in [2.45, 2.75) is 44.9 Å². The molecule has 0 aliphatic carbocycles. The van der Waals surface area contributed by atoms with E-state index in [-0.39, 0.29) is 6.04 Å². The smallest absolute Gasteiger partial charge is 0.294 e. The predicted molar refractivity (Wildman–Crippen MR) is 65.3 cm³/mol. The van der Waals surface area contributed by atoms with Crippen LogP contribution in [0.5, 0.6) is 0 Å². The summed E-state index contributed by atoms with van der Waals surface area (Å²) in [7, 11) is 0. The fourth-order valence-corrected chi connectivity index (χ4v) is 2.69. The molecule has 1 heterocycles. The maximum absolute atomic E-state index is 12.7. The van der Waals surface area contributed by atoms with E-state index in [9.17, 15) is 13.2 Å². The maximum Gasteiger partial charge on any atom is 0.416 e. The van der Waals surface area contributed by atoms with E-state index in [1.807, 2.05) is 0 Å². The number of likely N-dealkylation sites (tertiary alicyclic amines) is 1. The van der Waals surface area contributed by atoms with Crippen molar-refractivity contribution in [2.75, 3.05) is 6.54 Å². The molecule has 100 valence electrons.